The number of ketones is 1. The Hall–Kier alpha value is -2.01. The lowest BCUT2D eigenvalue weighted by molar-refractivity contribution is -0.496. The Labute approximate surface area is 131 Å². The van der Waals surface area contributed by atoms with Gasteiger partial charge in [0.25, 0.3) is 4.95 Å². The van der Waals surface area contributed by atoms with E-state index in [9.17, 15) is 14.9 Å². The molecule has 21 heavy (non-hydrogen) atoms. The summed E-state index contributed by atoms with van der Waals surface area (Å²) in [5, 5.41) is 11.1. The molecule has 2 aromatic carbocycles. The summed E-state index contributed by atoms with van der Waals surface area (Å²) in [6.45, 7) is 0. The average molecular weight is 348 g/mol. The van der Waals surface area contributed by atoms with Crippen molar-refractivity contribution in [3.05, 3.63) is 81.9 Å². The Morgan fingerprint density at radius 2 is 1.57 bits per heavy atom. The molecule has 0 saturated heterocycles. The van der Waals surface area contributed by atoms with Gasteiger partial charge in [0.05, 0.1) is 5.92 Å². The number of hydrogen-bond donors (Lipinski definition) is 0. The summed E-state index contributed by atoms with van der Waals surface area (Å²) in [4.78, 5) is 22.0. The minimum atomic E-state index is -0.993. The number of rotatable bonds is 6. The molecular formula is C16H14BrNO3. The van der Waals surface area contributed by atoms with Crippen molar-refractivity contribution < 1.29 is 9.72 Å². The number of nitrogens with zero attached hydrogens (tertiary/aromatic N) is 1. The highest BCUT2D eigenvalue weighted by Crippen LogP contribution is 2.30. The second-order valence-corrected chi connectivity index (χ2v) is 5.61. The molecule has 0 fully saturated rings. The second kappa shape index (κ2) is 7.13. The molecule has 2 atom stereocenters. The molecule has 0 amide bonds. The molecule has 0 heterocycles. The third kappa shape index (κ3) is 3.98. The van der Waals surface area contributed by atoms with Crippen LogP contribution in [-0.4, -0.2) is 15.7 Å². The van der Waals surface area contributed by atoms with E-state index in [-0.39, 0.29) is 12.2 Å². The maximum absolute atomic E-state index is 12.3. The zero-order chi connectivity index (χ0) is 15.2. The van der Waals surface area contributed by atoms with E-state index >= 15 is 0 Å². The molecule has 0 aromatic heterocycles. The topological polar surface area (TPSA) is 60.2 Å². The van der Waals surface area contributed by atoms with Gasteiger partial charge in [-0.05, 0) is 21.5 Å². The lowest BCUT2D eigenvalue weighted by Gasteiger charge is -2.16. The van der Waals surface area contributed by atoms with Gasteiger partial charge >= 0.3 is 0 Å². The molecule has 0 aliphatic heterocycles. The highest BCUT2D eigenvalue weighted by molar-refractivity contribution is 9.09. The number of carbonyl (C=O) groups excluding carboxylic acids is 1. The van der Waals surface area contributed by atoms with E-state index in [4.69, 9.17) is 0 Å². The first-order valence-electron chi connectivity index (χ1n) is 6.50. The van der Waals surface area contributed by atoms with Crippen LogP contribution in [-0.2, 0) is 0 Å². The lowest BCUT2D eigenvalue weighted by atomic mass is 9.91. The van der Waals surface area contributed by atoms with Gasteiger partial charge in [-0.15, -0.1) is 0 Å². The summed E-state index contributed by atoms with van der Waals surface area (Å²) < 4.78 is 0. The summed E-state index contributed by atoms with van der Waals surface area (Å²) in [6, 6.07) is 17.9. The predicted octanol–water partition coefficient (Wildman–Crippen LogP) is 4.04. The Balaban J connectivity index is 2.25. The fourth-order valence-corrected chi connectivity index (χ4v) is 2.65. The van der Waals surface area contributed by atoms with E-state index in [1.54, 1.807) is 36.4 Å². The van der Waals surface area contributed by atoms with Gasteiger partial charge < -0.3 is 0 Å². The maximum Gasteiger partial charge on any atom is 0.273 e. The minimum Gasteiger partial charge on any atom is -0.294 e. The van der Waals surface area contributed by atoms with Gasteiger partial charge in [0.15, 0.2) is 5.78 Å². The average Bonchev–Trinajstić information content (AvgIpc) is 2.53. The van der Waals surface area contributed by atoms with E-state index in [1.165, 1.54) is 0 Å². The number of Topliss-reactive ketones (excluding diaryl/α,β-unsaturated/α-hetero) is 1. The van der Waals surface area contributed by atoms with Crippen LogP contribution in [0.4, 0.5) is 0 Å². The highest BCUT2D eigenvalue weighted by Gasteiger charge is 2.32. The van der Waals surface area contributed by atoms with Crippen LogP contribution in [0.2, 0.25) is 0 Å². The molecule has 4 nitrogen and oxygen atoms in total. The normalized spacial score (nSPS) is 13.4. The van der Waals surface area contributed by atoms with Crippen LogP contribution >= 0.6 is 15.9 Å². The summed E-state index contributed by atoms with van der Waals surface area (Å²) in [5.41, 5.74) is 1.35. The molecular weight excluding hydrogens is 334 g/mol. The summed E-state index contributed by atoms with van der Waals surface area (Å²) in [6.07, 6.45) is 0.0882. The molecule has 0 aliphatic carbocycles. The Morgan fingerprint density at radius 3 is 2.10 bits per heavy atom. The molecule has 0 radical (unpaired) electrons. The summed E-state index contributed by atoms with van der Waals surface area (Å²) in [7, 11) is 0. The minimum absolute atomic E-state index is 0.0882. The Morgan fingerprint density at radius 1 is 1.05 bits per heavy atom. The molecule has 0 saturated carbocycles. The van der Waals surface area contributed by atoms with Crippen LogP contribution in [0.15, 0.2) is 60.7 Å². The molecule has 0 bridgehead atoms. The zero-order valence-electron chi connectivity index (χ0n) is 11.2. The van der Waals surface area contributed by atoms with E-state index in [1.807, 2.05) is 24.3 Å². The third-order valence-electron chi connectivity index (χ3n) is 3.26. The Kier molecular flexibility index (Phi) is 5.22. The van der Waals surface area contributed by atoms with Crippen LogP contribution in [0.3, 0.4) is 0 Å². The van der Waals surface area contributed by atoms with Gasteiger partial charge in [0, 0.05) is 16.9 Å². The molecule has 2 rings (SSSR count). The SMILES string of the molecule is O=C(C[C@@H](c1ccccc1)[C@H](Br)[N+](=O)[O-])c1ccccc1. The molecule has 0 spiro atoms. The maximum atomic E-state index is 12.3. The Bertz CT molecular complexity index is 616. The number of nitro groups is 1. The van der Waals surface area contributed by atoms with Crippen molar-refractivity contribution in [2.45, 2.75) is 17.3 Å². The van der Waals surface area contributed by atoms with Crippen LogP contribution in [0.25, 0.3) is 0 Å². The standard InChI is InChI=1S/C16H14BrNO3/c17-16(18(20)21)14(12-7-3-1-4-8-12)11-15(19)13-9-5-2-6-10-13/h1-10,14,16H,11H2/t14-,16+/m0/s1. The number of halogens is 1. The summed E-state index contributed by atoms with van der Waals surface area (Å²) in [5.74, 6) is -0.607. The molecule has 0 aliphatic rings. The van der Waals surface area contributed by atoms with E-state index in [2.05, 4.69) is 15.9 Å². The van der Waals surface area contributed by atoms with Crippen molar-refractivity contribution in [1.29, 1.82) is 0 Å². The number of hydrogen-bond acceptors (Lipinski definition) is 3. The van der Waals surface area contributed by atoms with Crippen molar-refractivity contribution in [3.63, 3.8) is 0 Å². The number of benzene rings is 2. The summed E-state index contributed by atoms with van der Waals surface area (Å²) >= 11 is 3.10. The van der Waals surface area contributed by atoms with Crippen LogP contribution in [0.5, 0.6) is 0 Å². The number of alkyl halides is 1. The van der Waals surface area contributed by atoms with Crippen molar-refractivity contribution in [2.24, 2.45) is 0 Å². The highest BCUT2D eigenvalue weighted by atomic mass is 79.9. The predicted molar refractivity (Wildman–Crippen MR) is 84.3 cm³/mol. The first-order valence-corrected chi connectivity index (χ1v) is 7.42. The van der Waals surface area contributed by atoms with Crippen molar-refractivity contribution >= 4 is 21.7 Å². The molecule has 2 aromatic rings. The van der Waals surface area contributed by atoms with Crippen molar-refractivity contribution in [1.82, 2.24) is 0 Å². The van der Waals surface area contributed by atoms with E-state index < -0.39 is 15.8 Å². The van der Waals surface area contributed by atoms with Gasteiger partial charge in [0.2, 0.25) is 0 Å². The number of carbonyl (C=O) groups is 1. The molecule has 0 unspecified atom stereocenters. The third-order valence-corrected chi connectivity index (χ3v) is 4.23. The van der Waals surface area contributed by atoms with E-state index in [0.29, 0.717) is 5.56 Å². The lowest BCUT2D eigenvalue weighted by Crippen LogP contribution is -2.23. The smallest absolute Gasteiger partial charge is 0.273 e. The van der Waals surface area contributed by atoms with Crippen molar-refractivity contribution in [3.8, 4) is 0 Å². The molecule has 0 N–H and O–H groups in total. The largest absolute Gasteiger partial charge is 0.294 e. The van der Waals surface area contributed by atoms with Gasteiger partial charge in [0.1, 0.15) is 0 Å². The monoisotopic (exact) mass is 347 g/mol. The van der Waals surface area contributed by atoms with Gasteiger partial charge in [-0.25, -0.2) is 0 Å². The molecule has 5 heteroatoms. The zero-order valence-corrected chi connectivity index (χ0v) is 12.8. The first kappa shape index (κ1) is 15.4. The van der Waals surface area contributed by atoms with E-state index in [0.717, 1.165) is 5.56 Å². The van der Waals surface area contributed by atoms with Gasteiger partial charge in [-0.2, -0.15) is 0 Å². The first-order chi connectivity index (χ1) is 10.1. The van der Waals surface area contributed by atoms with Crippen molar-refractivity contribution in [2.75, 3.05) is 0 Å². The van der Waals surface area contributed by atoms with Crippen LogP contribution < -0.4 is 0 Å². The fraction of sp³-hybridized carbons (Fsp3) is 0.188. The van der Waals surface area contributed by atoms with Gasteiger partial charge in [-0.1, -0.05) is 60.7 Å². The van der Waals surface area contributed by atoms with Crippen LogP contribution in [0, 0.1) is 10.1 Å². The fourth-order valence-electron chi connectivity index (χ4n) is 2.16. The quantitative estimate of drug-likeness (QED) is 0.260. The van der Waals surface area contributed by atoms with Gasteiger partial charge in [-0.3, -0.25) is 14.9 Å². The van der Waals surface area contributed by atoms with Crippen LogP contribution in [0.1, 0.15) is 28.3 Å². The molecule has 108 valence electrons. The second-order valence-electron chi connectivity index (χ2n) is 4.67.